The van der Waals surface area contributed by atoms with Crippen molar-refractivity contribution in [2.24, 2.45) is 0 Å². The van der Waals surface area contributed by atoms with E-state index >= 15 is 0 Å². The van der Waals surface area contributed by atoms with Crippen molar-refractivity contribution in [3.63, 3.8) is 0 Å². The number of amides is 1. The Labute approximate surface area is 87.9 Å². The first-order valence-electron chi connectivity index (χ1n) is 4.92. The summed E-state index contributed by atoms with van der Waals surface area (Å²) in [6.07, 6.45) is 4.95. The highest BCUT2D eigenvalue weighted by Crippen LogP contribution is 2.18. The van der Waals surface area contributed by atoms with Crippen molar-refractivity contribution in [2.75, 3.05) is 6.54 Å². The van der Waals surface area contributed by atoms with Crippen molar-refractivity contribution in [1.29, 1.82) is 0 Å². The third-order valence-corrected chi connectivity index (χ3v) is 2.59. The normalized spacial score (nSPS) is 20.3. The fourth-order valence-corrected chi connectivity index (χ4v) is 1.83. The molecule has 15 heavy (non-hydrogen) atoms. The first-order chi connectivity index (χ1) is 7.33. The second kappa shape index (κ2) is 4.21. The molecule has 2 heterocycles. The summed E-state index contributed by atoms with van der Waals surface area (Å²) in [4.78, 5) is 27.9. The Morgan fingerprint density at radius 1 is 1.53 bits per heavy atom. The average molecular weight is 203 g/mol. The molecule has 1 aromatic rings. The van der Waals surface area contributed by atoms with Crippen LogP contribution in [0.5, 0.6) is 0 Å². The van der Waals surface area contributed by atoms with Gasteiger partial charge >= 0.3 is 6.41 Å². The van der Waals surface area contributed by atoms with Gasteiger partial charge in [0.25, 0.3) is 0 Å². The highest BCUT2D eigenvalue weighted by Gasteiger charge is 2.31. The van der Waals surface area contributed by atoms with E-state index in [1.165, 1.54) is 4.90 Å². The van der Waals surface area contributed by atoms with E-state index in [2.05, 4.69) is 4.98 Å². The Morgan fingerprint density at radius 2 is 2.40 bits per heavy atom. The van der Waals surface area contributed by atoms with Gasteiger partial charge in [-0.3, -0.25) is 14.6 Å². The molecule has 0 spiro atoms. The lowest BCUT2D eigenvalue weighted by molar-refractivity contribution is 0.0906. The van der Waals surface area contributed by atoms with Crippen LogP contribution in [0.15, 0.2) is 24.4 Å². The van der Waals surface area contributed by atoms with Gasteiger partial charge in [-0.1, -0.05) is 6.07 Å². The number of hydrogen-bond acceptors (Lipinski definition) is 3. The summed E-state index contributed by atoms with van der Waals surface area (Å²) < 4.78 is 0. The van der Waals surface area contributed by atoms with E-state index < -0.39 is 0 Å². The van der Waals surface area contributed by atoms with Crippen LogP contribution in [0, 0.1) is 0 Å². The van der Waals surface area contributed by atoms with Crippen LogP contribution in [0.3, 0.4) is 0 Å². The number of likely N-dealkylation sites (tertiary alicyclic amines) is 1. The fraction of sp³-hybridized carbons (Fsp3) is 0.364. The Bertz CT molecular complexity index is 364. The third kappa shape index (κ3) is 1.88. The van der Waals surface area contributed by atoms with Crippen LogP contribution >= 0.6 is 0 Å². The molecule has 0 N–H and O–H groups in total. The number of rotatable bonds is 3. The summed E-state index contributed by atoms with van der Waals surface area (Å²) in [5.74, 6) is -0.0866. The van der Waals surface area contributed by atoms with Crippen molar-refractivity contribution in [2.45, 2.75) is 18.9 Å². The number of nitrogens with zero attached hydrogens (tertiary/aromatic N) is 2. The molecular formula is C11H11N2O2. The zero-order chi connectivity index (χ0) is 10.7. The van der Waals surface area contributed by atoms with Crippen LogP contribution < -0.4 is 0 Å². The SMILES string of the molecule is O=[C]N1CCCC1C(=O)c1ccccn1. The molecule has 1 fully saturated rings. The summed E-state index contributed by atoms with van der Waals surface area (Å²) in [5.41, 5.74) is 0.421. The molecule has 4 nitrogen and oxygen atoms in total. The number of ketones is 1. The third-order valence-electron chi connectivity index (χ3n) is 2.59. The van der Waals surface area contributed by atoms with Gasteiger partial charge < -0.3 is 4.90 Å². The van der Waals surface area contributed by atoms with Gasteiger partial charge in [0.1, 0.15) is 5.69 Å². The highest BCUT2D eigenvalue weighted by molar-refractivity contribution is 5.99. The molecule has 1 atom stereocenters. The first-order valence-corrected chi connectivity index (χ1v) is 4.92. The van der Waals surface area contributed by atoms with E-state index in [-0.39, 0.29) is 11.8 Å². The van der Waals surface area contributed by atoms with Gasteiger partial charge in [-0.05, 0) is 25.0 Å². The topological polar surface area (TPSA) is 50.3 Å². The molecule has 0 aliphatic carbocycles. The van der Waals surface area contributed by atoms with Crippen LogP contribution in [-0.4, -0.2) is 34.7 Å². The number of hydrogen-bond donors (Lipinski definition) is 0. The molecular weight excluding hydrogens is 192 g/mol. The minimum absolute atomic E-state index is 0.0866. The number of carbonyl (C=O) groups excluding carboxylic acids is 2. The minimum Gasteiger partial charge on any atom is -0.324 e. The van der Waals surface area contributed by atoms with Crippen molar-refractivity contribution in [1.82, 2.24) is 9.88 Å². The predicted octanol–water partition coefficient (Wildman–Crippen LogP) is 0.796. The van der Waals surface area contributed by atoms with Gasteiger partial charge in [-0.25, -0.2) is 0 Å². The predicted molar refractivity (Wildman–Crippen MR) is 54.0 cm³/mol. The van der Waals surface area contributed by atoms with Gasteiger partial charge in [0.05, 0.1) is 6.04 Å². The first kappa shape index (κ1) is 9.83. The summed E-state index contributed by atoms with van der Waals surface area (Å²) in [5, 5.41) is 0. The minimum atomic E-state index is -0.364. The van der Waals surface area contributed by atoms with Crippen LogP contribution in [-0.2, 0) is 4.79 Å². The number of Topliss-reactive ketones (excluding diaryl/α,β-unsaturated/α-hetero) is 1. The molecule has 4 heteroatoms. The summed E-state index contributed by atoms with van der Waals surface area (Å²) >= 11 is 0. The lowest BCUT2D eigenvalue weighted by atomic mass is 10.1. The summed E-state index contributed by atoms with van der Waals surface area (Å²) in [7, 11) is 0. The molecule has 1 radical (unpaired) electrons. The van der Waals surface area contributed by atoms with Crippen molar-refractivity contribution < 1.29 is 9.59 Å². The molecule has 1 saturated heterocycles. The molecule has 77 valence electrons. The van der Waals surface area contributed by atoms with Crippen molar-refractivity contribution in [3.05, 3.63) is 30.1 Å². The van der Waals surface area contributed by atoms with Gasteiger partial charge in [0, 0.05) is 12.7 Å². The van der Waals surface area contributed by atoms with E-state index in [0.717, 1.165) is 6.42 Å². The number of aromatic nitrogens is 1. The summed E-state index contributed by atoms with van der Waals surface area (Å²) in [6, 6.07) is 4.83. The number of carbonyl (C=O) groups is 1. The Kier molecular flexibility index (Phi) is 2.76. The van der Waals surface area contributed by atoms with Crippen LogP contribution in [0.1, 0.15) is 23.3 Å². The maximum absolute atomic E-state index is 11.9. The maximum Gasteiger partial charge on any atom is 0.312 e. The standard InChI is InChI=1S/C11H11N2O2/c14-8-13-7-3-5-10(13)11(15)9-4-1-2-6-12-9/h1-2,4,6,10H,3,5,7H2. The van der Waals surface area contributed by atoms with Crippen LogP contribution in [0.25, 0.3) is 0 Å². The zero-order valence-electron chi connectivity index (χ0n) is 8.22. The summed E-state index contributed by atoms with van der Waals surface area (Å²) in [6.45, 7) is 0.618. The van der Waals surface area contributed by atoms with Gasteiger partial charge in [-0.2, -0.15) is 0 Å². The van der Waals surface area contributed by atoms with E-state index in [0.29, 0.717) is 18.7 Å². The van der Waals surface area contributed by atoms with E-state index in [1.807, 2.05) is 0 Å². The van der Waals surface area contributed by atoms with Crippen LogP contribution in [0.2, 0.25) is 0 Å². The monoisotopic (exact) mass is 203 g/mol. The van der Waals surface area contributed by atoms with Crippen LogP contribution in [0.4, 0.5) is 0 Å². The lowest BCUT2D eigenvalue weighted by Gasteiger charge is -2.16. The molecule has 2 rings (SSSR count). The molecule has 0 aromatic carbocycles. The molecule has 1 aliphatic heterocycles. The maximum atomic E-state index is 11.9. The Balaban J connectivity index is 2.18. The Morgan fingerprint density at radius 3 is 3.07 bits per heavy atom. The van der Waals surface area contributed by atoms with Crippen molar-refractivity contribution in [3.8, 4) is 0 Å². The van der Waals surface area contributed by atoms with Gasteiger partial charge in [0.15, 0.2) is 0 Å². The molecule has 1 aliphatic rings. The largest absolute Gasteiger partial charge is 0.324 e. The zero-order valence-corrected chi connectivity index (χ0v) is 8.22. The lowest BCUT2D eigenvalue weighted by Crippen LogP contribution is -2.35. The molecule has 1 amide bonds. The molecule has 0 bridgehead atoms. The quantitative estimate of drug-likeness (QED) is 0.682. The highest BCUT2D eigenvalue weighted by atomic mass is 16.1. The Hall–Kier alpha value is -1.71. The van der Waals surface area contributed by atoms with Gasteiger partial charge in [0.2, 0.25) is 5.78 Å². The molecule has 1 aromatic heterocycles. The average Bonchev–Trinajstić information content (AvgIpc) is 2.77. The second-order valence-electron chi connectivity index (χ2n) is 3.52. The van der Waals surface area contributed by atoms with E-state index in [1.54, 1.807) is 30.8 Å². The fourth-order valence-electron chi connectivity index (χ4n) is 1.83. The van der Waals surface area contributed by atoms with Gasteiger partial charge in [-0.15, -0.1) is 0 Å². The molecule has 1 unspecified atom stereocenters. The second-order valence-corrected chi connectivity index (χ2v) is 3.52. The van der Waals surface area contributed by atoms with E-state index in [9.17, 15) is 9.59 Å². The number of pyridine rings is 1. The molecule has 0 saturated carbocycles. The smallest absolute Gasteiger partial charge is 0.312 e. The van der Waals surface area contributed by atoms with E-state index in [4.69, 9.17) is 0 Å². The van der Waals surface area contributed by atoms with Crippen molar-refractivity contribution >= 4 is 12.2 Å².